The van der Waals surface area contributed by atoms with Crippen LogP contribution in [0.1, 0.15) is 10.4 Å². The highest BCUT2D eigenvalue weighted by Gasteiger charge is 2.12. The second-order valence-corrected chi connectivity index (χ2v) is 4.25. The van der Waals surface area contributed by atoms with Crippen molar-refractivity contribution >= 4 is 28.8 Å². The van der Waals surface area contributed by atoms with E-state index >= 15 is 0 Å². The monoisotopic (exact) mass is 233 g/mol. The van der Waals surface area contributed by atoms with Crippen LogP contribution < -0.4 is 5.56 Å². The highest BCUT2D eigenvalue weighted by molar-refractivity contribution is 7.98. The molecule has 82 valence electrons. The molecule has 16 heavy (non-hydrogen) atoms. The van der Waals surface area contributed by atoms with Crippen molar-refractivity contribution in [1.29, 1.82) is 0 Å². The molecule has 0 saturated carbocycles. The van der Waals surface area contributed by atoms with E-state index in [-0.39, 0.29) is 5.56 Å². The Morgan fingerprint density at radius 3 is 2.44 bits per heavy atom. The highest BCUT2D eigenvalue weighted by Crippen LogP contribution is 2.23. The first-order chi connectivity index (χ1) is 7.70. The van der Waals surface area contributed by atoms with Gasteiger partial charge in [0.05, 0.1) is 10.6 Å². The Morgan fingerprint density at radius 2 is 1.88 bits per heavy atom. The van der Waals surface area contributed by atoms with Gasteiger partial charge in [-0.1, -0.05) is 18.2 Å². The Balaban J connectivity index is 3.06. The normalized spacial score (nSPS) is 10.6. The van der Waals surface area contributed by atoms with Crippen LogP contribution in [-0.2, 0) is 7.05 Å². The van der Waals surface area contributed by atoms with Gasteiger partial charge in [-0.2, -0.15) is 0 Å². The lowest BCUT2D eigenvalue weighted by Gasteiger charge is -2.11. The highest BCUT2D eigenvalue weighted by atomic mass is 32.2. The molecule has 0 N–H and O–H groups in total. The predicted octanol–water partition coefficient (Wildman–Crippen LogP) is 2.07. The van der Waals surface area contributed by atoms with Gasteiger partial charge in [0.2, 0.25) is 0 Å². The van der Waals surface area contributed by atoms with Crippen molar-refractivity contribution in [3.05, 3.63) is 40.2 Å². The minimum absolute atomic E-state index is 0.0643. The summed E-state index contributed by atoms with van der Waals surface area (Å²) in [6.45, 7) is 0. The van der Waals surface area contributed by atoms with Gasteiger partial charge in [-0.3, -0.25) is 9.59 Å². The van der Waals surface area contributed by atoms with Crippen LogP contribution in [0.15, 0.2) is 34.1 Å². The van der Waals surface area contributed by atoms with Gasteiger partial charge in [0.1, 0.15) is 0 Å². The van der Waals surface area contributed by atoms with E-state index < -0.39 is 0 Å². The number of hydrogen-bond donors (Lipinski definition) is 0. The van der Waals surface area contributed by atoms with Crippen molar-refractivity contribution in [2.45, 2.75) is 5.03 Å². The first-order valence-electron chi connectivity index (χ1n) is 4.81. The summed E-state index contributed by atoms with van der Waals surface area (Å²) >= 11 is 1.41. The second-order valence-electron chi connectivity index (χ2n) is 3.45. The number of hydrogen-bond acceptors (Lipinski definition) is 3. The Kier molecular flexibility index (Phi) is 2.83. The van der Waals surface area contributed by atoms with E-state index in [1.807, 2.05) is 12.3 Å². The lowest BCUT2D eigenvalue weighted by Crippen LogP contribution is -2.20. The number of thioether (sulfide) groups is 1. The summed E-state index contributed by atoms with van der Waals surface area (Å²) in [5, 5.41) is 2.02. The van der Waals surface area contributed by atoms with Gasteiger partial charge >= 0.3 is 0 Å². The van der Waals surface area contributed by atoms with E-state index in [1.165, 1.54) is 16.3 Å². The molecule has 0 radical (unpaired) electrons. The summed E-state index contributed by atoms with van der Waals surface area (Å²) in [5.41, 5.74) is 0.524. The van der Waals surface area contributed by atoms with Gasteiger partial charge in [-0.05, 0) is 12.3 Å². The summed E-state index contributed by atoms with van der Waals surface area (Å²) in [5.74, 6) is 0. The lowest BCUT2D eigenvalue weighted by molar-refractivity contribution is 0.112. The third-order valence-corrected chi connectivity index (χ3v) is 3.48. The molecule has 1 aromatic heterocycles. The maximum absolute atomic E-state index is 12.0. The SMILES string of the molecule is CSc1c(C=O)c2ccccc2c(=O)n1C. The fraction of sp³-hybridized carbons (Fsp3) is 0.167. The summed E-state index contributed by atoms with van der Waals surface area (Å²) in [6, 6.07) is 7.19. The van der Waals surface area contributed by atoms with Crippen molar-refractivity contribution in [2.24, 2.45) is 7.05 Å². The molecule has 0 aliphatic carbocycles. The maximum Gasteiger partial charge on any atom is 0.259 e. The lowest BCUT2D eigenvalue weighted by atomic mass is 10.1. The van der Waals surface area contributed by atoms with Crippen LogP contribution in [-0.4, -0.2) is 17.1 Å². The average molecular weight is 233 g/mol. The predicted molar refractivity (Wildman–Crippen MR) is 66.4 cm³/mol. The average Bonchev–Trinajstić information content (AvgIpc) is 2.33. The maximum atomic E-state index is 12.0. The molecule has 0 atom stereocenters. The molecule has 0 amide bonds. The number of carbonyl (C=O) groups excluding carboxylic acids is 1. The molecule has 0 unspecified atom stereocenters. The van der Waals surface area contributed by atoms with E-state index in [0.717, 1.165) is 11.7 Å². The van der Waals surface area contributed by atoms with Gasteiger partial charge in [-0.15, -0.1) is 11.8 Å². The molecule has 0 fully saturated rings. The van der Waals surface area contributed by atoms with Gasteiger partial charge in [-0.25, -0.2) is 0 Å². The first kappa shape index (κ1) is 11.0. The molecular formula is C12H11NO2S. The van der Waals surface area contributed by atoms with Crippen LogP contribution in [0.3, 0.4) is 0 Å². The Bertz CT molecular complexity index is 616. The molecule has 2 rings (SSSR count). The quantitative estimate of drug-likeness (QED) is 0.589. The molecule has 4 heteroatoms. The van der Waals surface area contributed by atoms with Gasteiger partial charge in [0.15, 0.2) is 6.29 Å². The smallest absolute Gasteiger partial charge is 0.259 e. The van der Waals surface area contributed by atoms with Crippen LogP contribution in [0.2, 0.25) is 0 Å². The van der Waals surface area contributed by atoms with Crippen LogP contribution in [0.5, 0.6) is 0 Å². The molecule has 2 aromatic rings. The van der Waals surface area contributed by atoms with Gasteiger partial charge < -0.3 is 4.57 Å². The largest absolute Gasteiger partial charge is 0.305 e. The van der Waals surface area contributed by atoms with Crippen LogP contribution in [0.25, 0.3) is 10.8 Å². The van der Waals surface area contributed by atoms with Crippen molar-refractivity contribution < 1.29 is 4.79 Å². The number of aromatic nitrogens is 1. The van der Waals surface area contributed by atoms with Crippen LogP contribution in [0, 0.1) is 0 Å². The third kappa shape index (κ3) is 1.46. The zero-order chi connectivity index (χ0) is 11.7. The molecule has 0 spiro atoms. The Morgan fingerprint density at radius 1 is 1.25 bits per heavy atom. The first-order valence-corrected chi connectivity index (χ1v) is 6.04. The van der Waals surface area contributed by atoms with E-state index in [9.17, 15) is 9.59 Å². The van der Waals surface area contributed by atoms with E-state index in [4.69, 9.17) is 0 Å². The molecule has 3 nitrogen and oxygen atoms in total. The number of pyridine rings is 1. The number of carbonyl (C=O) groups is 1. The fourth-order valence-corrected chi connectivity index (χ4v) is 2.57. The molecule has 1 aromatic carbocycles. The zero-order valence-electron chi connectivity index (χ0n) is 9.06. The van der Waals surface area contributed by atoms with Gasteiger partial charge in [0, 0.05) is 17.8 Å². The minimum atomic E-state index is -0.0643. The third-order valence-electron chi connectivity index (χ3n) is 2.60. The summed E-state index contributed by atoms with van der Waals surface area (Å²) in [6.07, 6.45) is 2.67. The number of fused-ring (bicyclic) bond motifs is 1. The molecule has 1 heterocycles. The molecule has 0 aliphatic heterocycles. The van der Waals surface area contributed by atoms with E-state index in [2.05, 4.69) is 0 Å². The van der Waals surface area contributed by atoms with Crippen molar-refractivity contribution in [3.8, 4) is 0 Å². The topological polar surface area (TPSA) is 39.1 Å². The van der Waals surface area contributed by atoms with Crippen molar-refractivity contribution in [1.82, 2.24) is 4.57 Å². The van der Waals surface area contributed by atoms with Crippen LogP contribution >= 0.6 is 11.8 Å². The molecule has 0 saturated heterocycles. The minimum Gasteiger partial charge on any atom is -0.305 e. The van der Waals surface area contributed by atoms with E-state index in [1.54, 1.807) is 25.2 Å². The molecular weight excluding hydrogens is 222 g/mol. The number of aldehydes is 1. The fourth-order valence-electron chi connectivity index (χ4n) is 1.83. The van der Waals surface area contributed by atoms with Gasteiger partial charge in [0.25, 0.3) is 5.56 Å². The van der Waals surface area contributed by atoms with Crippen molar-refractivity contribution in [3.63, 3.8) is 0 Å². The molecule has 0 bridgehead atoms. The summed E-state index contributed by atoms with van der Waals surface area (Å²) in [4.78, 5) is 23.1. The Labute approximate surface area is 97.1 Å². The zero-order valence-corrected chi connectivity index (χ0v) is 9.88. The van der Waals surface area contributed by atoms with Crippen molar-refractivity contribution in [2.75, 3.05) is 6.26 Å². The molecule has 0 aliphatic rings. The summed E-state index contributed by atoms with van der Waals surface area (Å²) in [7, 11) is 1.69. The number of nitrogens with zero attached hydrogens (tertiary/aromatic N) is 1. The number of rotatable bonds is 2. The van der Waals surface area contributed by atoms with Crippen LogP contribution in [0.4, 0.5) is 0 Å². The number of benzene rings is 1. The van der Waals surface area contributed by atoms with E-state index in [0.29, 0.717) is 16.0 Å². The Hall–Kier alpha value is -1.55. The second kappa shape index (κ2) is 4.14. The summed E-state index contributed by atoms with van der Waals surface area (Å²) < 4.78 is 1.52. The standard InChI is InChI=1S/C12H11NO2S/c1-13-11(15)9-6-4-3-5-8(9)10(7-14)12(13)16-2/h3-7H,1-2H3.